The molecule has 2 aromatic heterocycles. The number of carboxylic acid groups (broad SMARTS) is 1. The lowest BCUT2D eigenvalue weighted by Gasteiger charge is -2.25. The van der Waals surface area contributed by atoms with Crippen LogP contribution in [0.2, 0.25) is 10.0 Å². The van der Waals surface area contributed by atoms with E-state index in [1.807, 2.05) is 0 Å². The number of ether oxygens (including phenoxy) is 2. The number of carboxylic acids is 1. The number of aldehydes is 1. The third-order valence-corrected chi connectivity index (χ3v) is 6.81. The van der Waals surface area contributed by atoms with Gasteiger partial charge in [-0.2, -0.15) is 0 Å². The van der Waals surface area contributed by atoms with Gasteiger partial charge in [0.05, 0.1) is 25.0 Å². The Morgan fingerprint density at radius 1 is 1.12 bits per heavy atom. The molecule has 2 heterocycles. The number of carbonyl (C=O) groups excluding carboxylic acids is 1. The second-order valence-electron chi connectivity index (χ2n) is 6.91. The Bertz CT molecular complexity index is 1130. The summed E-state index contributed by atoms with van der Waals surface area (Å²) in [6.07, 6.45) is 3.39. The first-order valence-corrected chi connectivity index (χ1v) is 10.9. The number of benzene rings is 1. The number of methoxy groups -OCH3 is 2. The van der Waals surface area contributed by atoms with Crippen LogP contribution in [0.1, 0.15) is 37.5 Å². The van der Waals surface area contributed by atoms with Crippen LogP contribution in [-0.2, 0) is 11.2 Å². The van der Waals surface area contributed by atoms with Crippen molar-refractivity contribution in [1.29, 1.82) is 0 Å². The van der Waals surface area contributed by atoms with Crippen molar-refractivity contribution in [1.82, 2.24) is 0 Å². The average molecular weight is 497 g/mol. The summed E-state index contributed by atoms with van der Waals surface area (Å²) in [5.41, 5.74) is 1.14. The molecule has 0 saturated carbocycles. The van der Waals surface area contributed by atoms with Gasteiger partial charge < -0.3 is 14.6 Å². The second-order valence-corrected chi connectivity index (χ2v) is 8.87. The van der Waals surface area contributed by atoms with Crippen LogP contribution in [0.15, 0.2) is 42.7 Å². The third kappa shape index (κ3) is 4.98. The smallest absolute Gasteiger partial charge is 0.312 e. The van der Waals surface area contributed by atoms with E-state index in [1.54, 1.807) is 30.3 Å². The molecule has 3 aromatic rings. The van der Waals surface area contributed by atoms with E-state index in [0.717, 1.165) is 16.1 Å². The molecule has 7 nitrogen and oxygen atoms in total. The standard InChI is InChI=1S/C22H19Cl2NO6S/c1-30-18-5-3-12(7-19(18)31-2)14(8-15-16(23)9-25(29)10-17(15)24)21(22(27)28)20-6-4-13(11-26)32-20/h3-7,9-11,14,21H,8H2,1-2H3,(H-,27,28,29)/p+1/t14-,21?/m1/s1. The minimum atomic E-state index is -1.07. The molecule has 3 rings (SSSR count). The highest BCUT2D eigenvalue weighted by Crippen LogP contribution is 2.43. The molecular formula is C22H20Cl2NO6S+. The lowest BCUT2D eigenvalue weighted by atomic mass is 9.80. The van der Waals surface area contributed by atoms with Gasteiger partial charge in [0.25, 0.3) is 0 Å². The highest BCUT2D eigenvalue weighted by Gasteiger charge is 2.34. The zero-order chi connectivity index (χ0) is 23.4. The van der Waals surface area contributed by atoms with Gasteiger partial charge in [0.15, 0.2) is 17.8 Å². The molecule has 0 radical (unpaired) electrons. The van der Waals surface area contributed by atoms with E-state index in [-0.39, 0.29) is 16.5 Å². The van der Waals surface area contributed by atoms with Gasteiger partial charge in [0, 0.05) is 21.1 Å². The van der Waals surface area contributed by atoms with Gasteiger partial charge in [0.2, 0.25) is 12.4 Å². The number of hydrogen-bond donors (Lipinski definition) is 2. The molecule has 2 N–H and O–H groups in total. The van der Waals surface area contributed by atoms with Crippen molar-refractivity contribution in [2.24, 2.45) is 0 Å². The minimum Gasteiger partial charge on any atom is -0.493 e. The van der Waals surface area contributed by atoms with Gasteiger partial charge in [-0.15, -0.1) is 11.3 Å². The van der Waals surface area contributed by atoms with E-state index in [1.165, 1.54) is 26.6 Å². The zero-order valence-electron chi connectivity index (χ0n) is 17.1. The van der Waals surface area contributed by atoms with Crippen LogP contribution in [0.4, 0.5) is 0 Å². The summed E-state index contributed by atoms with van der Waals surface area (Å²) in [5.74, 6) is -1.75. The summed E-state index contributed by atoms with van der Waals surface area (Å²) in [4.78, 5) is 24.6. The predicted molar refractivity (Wildman–Crippen MR) is 120 cm³/mol. The Morgan fingerprint density at radius 2 is 1.78 bits per heavy atom. The Labute approximate surface area is 198 Å². The average Bonchev–Trinajstić information content (AvgIpc) is 3.23. The Balaban J connectivity index is 2.18. The molecule has 10 heteroatoms. The number of hydrogen-bond acceptors (Lipinski definition) is 6. The topological polar surface area (TPSA) is 96.9 Å². The summed E-state index contributed by atoms with van der Waals surface area (Å²) in [7, 11) is 3.00. The number of aromatic nitrogens is 1. The molecule has 1 aromatic carbocycles. The van der Waals surface area contributed by atoms with E-state index in [9.17, 15) is 19.9 Å². The van der Waals surface area contributed by atoms with Crippen molar-refractivity contribution in [3.63, 3.8) is 0 Å². The highest BCUT2D eigenvalue weighted by atomic mass is 35.5. The first kappa shape index (κ1) is 23.8. The number of carbonyl (C=O) groups is 2. The second kappa shape index (κ2) is 10.2. The zero-order valence-corrected chi connectivity index (χ0v) is 19.4. The van der Waals surface area contributed by atoms with E-state index in [4.69, 9.17) is 32.7 Å². The molecule has 0 aliphatic rings. The van der Waals surface area contributed by atoms with Gasteiger partial charge in [-0.3, -0.25) is 14.8 Å². The number of nitrogens with zero attached hydrogens (tertiary/aromatic N) is 1. The fourth-order valence-electron chi connectivity index (χ4n) is 3.56. The monoisotopic (exact) mass is 496 g/mol. The Hall–Kier alpha value is -2.81. The van der Waals surface area contributed by atoms with E-state index in [0.29, 0.717) is 38.7 Å². The minimum absolute atomic E-state index is 0.152. The molecule has 2 atom stereocenters. The molecule has 1 unspecified atom stereocenters. The van der Waals surface area contributed by atoms with Gasteiger partial charge in [-0.1, -0.05) is 29.3 Å². The number of rotatable bonds is 9. The Morgan fingerprint density at radius 3 is 2.31 bits per heavy atom. The lowest BCUT2D eigenvalue weighted by molar-refractivity contribution is -0.904. The van der Waals surface area contributed by atoms with Crippen molar-refractivity contribution >= 4 is 46.8 Å². The van der Waals surface area contributed by atoms with Crippen LogP contribution >= 0.6 is 34.5 Å². The normalized spacial score (nSPS) is 12.8. The number of halogens is 2. The third-order valence-electron chi connectivity index (χ3n) is 5.07. The van der Waals surface area contributed by atoms with Crippen LogP contribution in [0.5, 0.6) is 11.5 Å². The van der Waals surface area contributed by atoms with Gasteiger partial charge in [-0.05, 0) is 36.2 Å². The molecule has 0 spiro atoms. The molecule has 168 valence electrons. The molecule has 0 bridgehead atoms. The molecular weight excluding hydrogens is 477 g/mol. The number of aliphatic carboxylic acids is 1. The maximum Gasteiger partial charge on any atom is 0.312 e. The van der Waals surface area contributed by atoms with Crippen LogP contribution in [0.25, 0.3) is 0 Å². The number of thiophene rings is 1. The molecule has 0 saturated heterocycles. The molecule has 0 amide bonds. The van der Waals surface area contributed by atoms with E-state index >= 15 is 0 Å². The predicted octanol–water partition coefficient (Wildman–Crippen LogP) is 4.60. The summed E-state index contributed by atoms with van der Waals surface area (Å²) >= 11 is 13.8. The summed E-state index contributed by atoms with van der Waals surface area (Å²) < 4.78 is 11.4. The van der Waals surface area contributed by atoms with Gasteiger partial charge in [0.1, 0.15) is 10.0 Å². The quantitative estimate of drug-likeness (QED) is 0.255. The van der Waals surface area contributed by atoms with Crippen molar-refractivity contribution in [2.75, 3.05) is 14.2 Å². The molecule has 0 aliphatic heterocycles. The summed E-state index contributed by atoms with van der Waals surface area (Å²) in [6.45, 7) is 0. The molecule has 0 aliphatic carbocycles. The Kier molecular flexibility index (Phi) is 7.60. The van der Waals surface area contributed by atoms with E-state index < -0.39 is 17.8 Å². The first-order chi connectivity index (χ1) is 15.3. The molecule has 0 fully saturated rings. The lowest BCUT2D eigenvalue weighted by Crippen LogP contribution is -2.29. The van der Waals surface area contributed by atoms with Gasteiger partial charge in [-0.25, -0.2) is 0 Å². The van der Waals surface area contributed by atoms with Crippen molar-refractivity contribution in [3.05, 3.63) is 73.7 Å². The van der Waals surface area contributed by atoms with Crippen LogP contribution in [0, 0.1) is 0 Å². The highest BCUT2D eigenvalue weighted by molar-refractivity contribution is 7.13. The van der Waals surface area contributed by atoms with Crippen molar-refractivity contribution < 1.29 is 34.1 Å². The largest absolute Gasteiger partial charge is 0.493 e. The molecule has 32 heavy (non-hydrogen) atoms. The van der Waals surface area contributed by atoms with Crippen molar-refractivity contribution in [3.8, 4) is 11.5 Å². The maximum atomic E-state index is 12.5. The number of pyridine rings is 1. The first-order valence-electron chi connectivity index (χ1n) is 9.37. The summed E-state index contributed by atoms with van der Waals surface area (Å²) in [5, 5.41) is 20.3. The fraction of sp³-hybridized carbons (Fsp3) is 0.227. The van der Waals surface area contributed by atoms with E-state index in [2.05, 4.69) is 0 Å². The van der Waals surface area contributed by atoms with Crippen LogP contribution in [-0.4, -0.2) is 36.8 Å². The van der Waals surface area contributed by atoms with Crippen LogP contribution < -0.4 is 14.2 Å². The van der Waals surface area contributed by atoms with Crippen molar-refractivity contribution in [2.45, 2.75) is 18.3 Å². The van der Waals surface area contributed by atoms with Crippen LogP contribution in [0.3, 0.4) is 0 Å². The SMILES string of the molecule is COc1ccc([C@@H](Cc2c(Cl)c[n+](O)cc2Cl)C(C(=O)O)c2ccc(C=O)s2)cc1OC. The maximum absolute atomic E-state index is 12.5. The van der Waals surface area contributed by atoms with Gasteiger partial charge >= 0.3 is 5.97 Å². The fourth-order valence-corrected chi connectivity index (χ4v) is 5.15. The summed E-state index contributed by atoms with van der Waals surface area (Å²) in [6, 6.07) is 8.39.